The van der Waals surface area contributed by atoms with E-state index in [1.165, 1.54) is 12.1 Å². The molecule has 2 heteroatoms. The van der Waals surface area contributed by atoms with Crippen molar-refractivity contribution >= 4 is 0 Å². The minimum absolute atomic E-state index is 0.0607. The van der Waals surface area contributed by atoms with E-state index < -0.39 is 6.10 Å². The molecule has 0 aliphatic rings. The van der Waals surface area contributed by atoms with Crippen molar-refractivity contribution in [3.63, 3.8) is 0 Å². The third-order valence-electron chi connectivity index (χ3n) is 2.12. The molecule has 1 N–H and O–H groups in total. The summed E-state index contributed by atoms with van der Waals surface area (Å²) in [6, 6.07) is 6.22. The van der Waals surface area contributed by atoms with Crippen molar-refractivity contribution in [2.75, 3.05) is 0 Å². The third-order valence-corrected chi connectivity index (χ3v) is 2.12. The lowest BCUT2D eigenvalue weighted by Crippen LogP contribution is -2.10. The largest absolute Gasteiger partial charge is 0.393 e. The van der Waals surface area contributed by atoms with Gasteiger partial charge in [-0.2, -0.15) is 0 Å². The van der Waals surface area contributed by atoms with Crippen LogP contribution in [0.1, 0.15) is 25.3 Å². The van der Waals surface area contributed by atoms with E-state index in [4.69, 9.17) is 0 Å². The summed E-state index contributed by atoms with van der Waals surface area (Å²) in [6.45, 7) is 3.64. The third kappa shape index (κ3) is 2.05. The Kier molecular flexibility index (Phi) is 2.82. The van der Waals surface area contributed by atoms with E-state index in [0.717, 1.165) is 5.56 Å². The van der Waals surface area contributed by atoms with Gasteiger partial charge in [0.05, 0.1) is 6.10 Å². The van der Waals surface area contributed by atoms with Crippen LogP contribution in [0.4, 0.5) is 4.39 Å². The Morgan fingerprint density at radius 3 is 2.08 bits per heavy atom. The Hall–Kier alpha value is -0.890. The first kappa shape index (κ1) is 9.20. The quantitative estimate of drug-likeness (QED) is 0.718. The van der Waals surface area contributed by atoms with Crippen molar-refractivity contribution in [1.82, 2.24) is 0 Å². The SMILES string of the molecule is CC(O)C(C)c1ccc(F)cc1. The normalized spacial score (nSPS) is 15.7. The van der Waals surface area contributed by atoms with Gasteiger partial charge in [-0.25, -0.2) is 4.39 Å². The molecule has 1 aromatic rings. The summed E-state index contributed by atoms with van der Waals surface area (Å²) in [5.74, 6) is -0.179. The molecule has 12 heavy (non-hydrogen) atoms. The second kappa shape index (κ2) is 3.68. The predicted octanol–water partition coefficient (Wildman–Crippen LogP) is 2.31. The monoisotopic (exact) mass is 168 g/mol. The minimum atomic E-state index is -0.393. The number of benzene rings is 1. The summed E-state index contributed by atoms with van der Waals surface area (Å²) >= 11 is 0. The van der Waals surface area contributed by atoms with Crippen LogP contribution < -0.4 is 0 Å². The molecular formula is C10H13FO. The molecule has 0 radical (unpaired) electrons. The van der Waals surface area contributed by atoms with Crippen LogP contribution in [0.2, 0.25) is 0 Å². The summed E-state index contributed by atoms with van der Waals surface area (Å²) in [5, 5.41) is 9.25. The van der Waals surface area contributed by atoms with Crippen molar-refractivity contribution in [3.8, 4) is 0 Å². The van der Waals surface area contributed by atoms with Gasteiger partial charge in [0.25, 0.3) is 0 Å². The van der Waals surface area contributed by atoms with Crippen LogP contribution in [0.3, 0.4) is 0 Å². The topological polar surface area (TPSA) is 20.2 Å². The molecule has 2 atom stereocenters. The molecule has 0 saturated heterocycles. The first-order valence-corrected chi connectivity index (χ1v) is 4.05. The Morgan fingerprint density at radius 2 is 1.67 bits per heavy atom. The highest BCUT2D eigenvalue weighted by Crippen LogP contribution is 2.18. The van der Waals surface area contributed by atoms with Gasteiger partial charge in [0.1, 0.15) is 5.82 Å². The van der Waals surface area contributed by atoms with Crippen molar-refractivity contribution in [1.29, 1.82) is 0 Å². The maximum Gasteiger partial charge on any atom is 0.123 e. The van der Waals surface area contributed by atoms with E-state index in [2.05, 4.69) is 0 Å². The Bertz CT molecular complexity index is 241. The zero-order valence-corrected chi connectivity index (χ0v) is 7.29. The zero-order valence-electron chi connectivity index (χ0n) is 7.29. The number of aliphatic hydroxyl groups excluding tert-OH is 1. The average Bonchev–Trinajstić information content (AvgIpc) is 2.04. The number of halogens is 1. The van der Waals surface area contributed by atoms with Crippen LogP contribution in [0.15, 0.2) is 24.3 Å². The molecule has 66 valence electrons. The van der Waals surface area contributed by atoms with Crippen molar-refractivity contribution in [2.24, 2.45) is 0 Å². The Balaban J connectivity index is 2.82. The highest BCUT2D eigenvalue weighted by molar-refractivity contribution is 5.20. The number of hydrogen-bond acceptors (Lipinski definition) is 1. The second-order valence-electron chi connectivity index (χ2n) is 3.08. The molecule has 2 unspecified atom stereocenters. The summed E-state index contributed by atoms with van der Waals surface area (Å²) in [7, 11) is 0. The molecule has 0 aliphatic heterocycles. The second-order valence-corrected chi connectivity index (χ2v) is 3.08. The fraction of sp³-hybridized carbons (Fsp3) is 0.400. The van der Waals surface area contributed by atoms with E-state index in [1.807, 2.05) is 6.92 Å². The predicted molar refractivity (Wildman–Crippen MR) is 46.5 cm³/mol. The summed E-state index contributed by atoms with van der Waals surface area (Å²) in [6.07, 6.45) is -0.393. The molecule has 0 spiro atoms. The summed E-state index contributed by atoms with van der Waals surface area (Å²) < 4.78 is 12.5. The lowest BCUT2D eigenvalue weighted by molar-refractivity contribution is 0.169. The minimum Gasteiger partial charge on any atom is -0.393 e. The van der Waals surface area contributed by atoms with E-state index >= 15 is 0 Å². The van der Waals surface area contributed by atoms with Gasteiger partial charge in [-0.15, -0.1) is 0 Å². The maximum atomic E-state index is 12.5. The van der Waals surface area contributed by atoms with E-state index in [0.29, 0.717) is 0 Å². The maximum absolute atomic E-state index is 12.5. The molecule has 0 saturated carbocycles. The fourth-order valence-corrected chi connectivity index (χ4v) is 1.04. The van der Waals surface area contributed by atoms with Crippen LogP contribution in [0, 0.1) is 5.82 Å². The molecule has 0 aromatic heterocycles. The Labute approximate surface area is 71.9 Å². The summed E-state index contributed by atoms with van der Waals surface area (Å²) in [4.78, 5) is 0. The van der Waals surface area contributed by atoms with Gasteiger partial charge < -0.3 is 5.11 Å². The first-order valence-electron chi connectivity index (χ1n) is 4.05. The van der Waals surface area contributed by atoms with Crippen molar-refractivity contribution in [2.45, 2.75) is 25.9 Å². The van der Waals surface area contributed by atoms with Gasteiger partial charge in [0, 0.05) is 5.92 Å². The highest BCUT2D eigenvalue weighted by Gasteiger charge is 2.10. The first-order chi connectivity index (χ1) is 5.61. The van der Waals surface area contributed by atoms with Crippen LogP contribution in [0.5, 0.6) is 0 Å². The van der Waals surface area contributed by atoms with Gasteiger partial charge in [0.15, 0.2) is 0 Å². The fourth-order valence-electron chi connectivity index (χ4n) is 1.04. The highest BCUT2D eigenvalue weighted by atomic mass is 19.1. The summed E-state index contributed by atoms with van der Waals surface area (Å²) in [5.41, 5.74) is 0.964. The van der Waals surface area contributed by atoms with Crippen LogP contribution >= 0.6 is 0 Å². The smallest absolute Gasteiger partial charge is 0.123 e. The van der Waals surface area contributed by atoms with E-state index in [1.54, 1.807) is 19.1 Å². The van der Waals surface area contributed by atoms with Gasteiger partial charge in [-0.3, -0.25) is 0 Å². The Morgan fingerprint density at radius 1 is 1.17 bits per heavy atom. The number of rotatable bonds is 2. The average molecular weight is 168 g/mol. The molecule has 1 aromatic carbocycles. The van der Waals surface area contributed by atoms with Crippen molar-refractivity contribution < 1.29 is 9.50 Å². The molecule has 1 rings (SSSR count). The van der Waals surface area contributed by atoms with Crippen LogP contribution in [-0.4, -0.2) is 11.2 Å². The van der Waals surface area contributed by atoms with Gasteiger partial charge in [-0.05, 0) is 24.6 Å². The van der Waals surface area contributed by atoms with Crippen molar-refractivity contribution in [3.05, 3.63) is 35.6 Å². The molecule has 0 fully saturated rings. The number of aliphatic hydroxyl groups is 1. The van der Waals surface area contributed by atoms with Gasteiger partial charge in [0.2, 0.25) is 0 Å². The molecule has 0 aliphatic carbocycles. The lowest BCUT2D eigenvalue weighted by atomic mass is 9.97. The number of hydrogen-bond donors (Lipinski definition) is 1. The van der Waals surface area contributed by atoms with E-state index in [9.17, 15) is 9.50 Å². The van der Waals surface area contributed by atoms with Gasteiger partial charge in [-0.1, -0.05) is 19.1 Å². The zero-order chi connectivity index (χ0) is 9.14. The van der Waals surface area contributed by atoms with Crippen LogP contribution in [-0.2, 0) is 0 Å². The molecule has 1 nitrogen and oxygen atoms in total. The van der Waals surface area contributed by atoms with Crippen LogP contribution in [0.25, 0.3) is 0 Å². The lowest BCUT2D eigenvalue weighted by Gasteiger charge is -2.14. The molecule has 0 heterocycles. The molecule has 0 bridgehead atoms. The molecular weight excluding hydrogens is 155 g/mol. The van der Waals surface area contributed by atoms with E-state index in [-0.39, 0.29) is 11.7 Å². The molecule has 0 amide bonds. The standard InChI is InChI=1S/C10H13FO/c1-7(8(2)12)9-3-5-10(11)6-4-9/h3-8,12H,1-2H3. The van der Waals surface area contributed by atoms with Gasteiger partial charge >= 0.3 is 0 Å².